The molecule has 0 aliphatic carbocycles. The second kappa shape index (κ2) is 6.89. The third-order valence-electron chi connectivity index (χ3n) is 3.24. The highest BCUT2D eigenvalue weighted by Crippen LogP contribution is 2.18. The number of nitrogens with zero attached hydrogens (tertiary/aromatic N) is 2. The van der Waals surface area contributed by atoms with Crippen LogP contribution in [0.25, 0.3) is 0 Å². The minimum Gasteiger partial charge on any atom is -0.466 e. The van der Waals surface area contributed by atoms with E-state index in [4.69, 9.17) is 4.74 Å². The first kappa shape index (κ1) is 16.0. The van der Waals surface area contributed by atoms with E-state index in [1.807, 2.05) is 32.6 Å². The molecule has 0 aromatic carbocycles. The summed E-state index contributed by atoms with van der Waals surface area (Å²) >= 11 is 0. The molecule has 19 heavy (non-hydrogen) atoms. The van der Waals surface area contributed by atoms with Gasteiger partial charge in [-0.2, -0.15) is 0 Å². The topological polar surface area (TPSA) is 49.9 Å². The SMILES string of the molecule is CCOC(=O)CCN1CCN(C(=O)C(C)(C)C)CC1. The maximum atomic E-state index is 12.1. The molecule has 0 radical (unpaired) electrons. The summed E-state index contributed by atoms with van der Waals surface area (Å²) in [5.41, 5.74) is -0.312. The molecule has 0 saturated carbocycles. The van der Waals surface area contributed by atoms with Crippen LogP contribution in [0, 0.1) is 5.41 Å². The Bertz CT molecular complexity index is 315. The fourth-order valence-corrected chi connectivity index (χ4v) is 2.13. The maximum Gasteiger partial charge on any atom is 0.307 e. The number of esters is 1. The Morgan fingerprint density at radius 3 is 2.16 bits per heavy atom. The number of hydrogen-bond donors (Lipinski definition) is 0. The minimum atomic E-state index is -0.312. The van der Waals surface area contributed by atoms with Crippen molar-refractivity contribution >= 4 is 11.9 Å². The number of carbonyl (C=O) groups excluding carboxylic acids is 2. The Morgan fingerprint density at radius 2 is 1.68 bits per heavy atom. The Balaban J connectivity index is 2.29. The van der Waals surface area contributed by atoms with E-state index < -0.39 is 0 Å². The molecule has 1 aliphatic heterocycles. The van der Waals surface area contributed by atoms with Gasteiger partial charge in [-0.3, -0.25) is 14.5 Å². The molecule has 0 N–H and O–H groups in total. The molecule has 0 aromatic rings. The number of ether oxygens (including phenoxy) is 1. The highest BCUT2D eigenvalue weighted by atomic mass is 16.5. The molecule has 0 aromatic heterocycles. The maximum absolute atomic E-state index is 12.1. The van der Waals surface area contributed by atoms with Crippen LogP contribution in [0.4, 0.5) is 0 Å². The third kappa shape index (κ3) is 5.19. The van der Waals surface area contributed by atoms with E-state index in [0.717, 1.165) is 32.7 Å². The molecule has 110 valence electrons. The van der Waals surface area contributed by atoms with Gasteiger partial charge in [-0.1, -0.05) is 20.8 Å². The van der Waals surface area contributed by atoms with Crippen molar-refractivity contribution in [2.24, 2.45) is 5.41 Å². The molecule has 1 saturated heterocycles. The van der Waals surface area contributed by atoms with Gasteiger partial charge in [0.15, 0.2) is 0 Å². The average molecular weight is 270 g/mol. The van der Waals surface area contributed by atoms with Gasteiger partial charge in [-0.15, -0.1) is 0 Å². The average Bonchev–Trinajstić information content (AvgIpc) is 2.35. The van der Waals surface area contributed by atoms with E-state index in [2.05, 4.69) is 4.90 Å². The minimum absolute atomic E-state index is 0.143. The van der Waals surface area contributed by atoms with Gasteiger partial charge in [-0.05, 0) is 6.92 Å². The predicted octanol–water partition coefficient (Wildman–Crippen LogP) is 1.13. The number of rotatable bonds is 4. The molecule has 0 atom stereocenters. The number of hydrogen-bond acceptors (Lipinski definition) is 4. The van der Waals surface area contributed by atoms with Gasteiger partial charge in [0.1, 0.15) is 0 Å². The van der Waals surface area contributed by atoms with Crippen molar-refractivity contribution in [3.63, 3.8) is 0 Å². The highest BCUT2D eigenvalue weighted by molar-refractivity contribution is 5.81. The lowest BCUT2D eigenvalue weighted by atomic mass is 9.94. The molecule has 1 fully saturated rings. The lowest BCUT2D eigenvalue weighted by molar-refractivity contribution is -0.145. The van der Waals surface area contributed by atoms with Crippen molar-refractivity contribution in [3.8, 4) is 0 Å². The molecular weight excluding hydrogens is 244 g/mol. The van der Waals surface area contributed by atoms with E-state index >= 15 is 0 Å². The van der Waals surface area contributed by atoms with Crippen LogP contribution >= 0.6 is 0 Å². The zero-order valence-corrected chi connectivity index (χ0v) is 12.6. The van der Waals surface area contributed by atoms with E-state index in [1.165, 1.54) is 0 Å². The van der Waals surface area contributed by atoms with Crippen molar-refractivity contribution in [2.45, 2.75) is 34.1 Å². The summed E-state index contributed by atoms with van der Waals surface area (Å²) in [5, 5.41) is 0. The molecule has 5 nitrogen and oxygen atoms in total. The standard InChI is InChI=1S/C14H26N2O3/c1-5-19-12(17)6-7-15-8-10-16(11-9-15)13(18)14(2,3)4/h5-11H2,1-4H3. The van der Waals surface area contributed by atoms with Crippen LogP contribution in [0.5, 0.6) is 0 Å². The van der Waals surface area contributed by atoms with Crippen LogP contribution in [0.2, 0.25) is 0 Å². The van der Waals surface area contributed by atoms with Crippen LogP contribution in [0.1, 0.15) is 34.1 Å². The van der Waals surface area contributed by atoms with E-state index in [-0.39, 0.29) is 17.3 Å². The van der Waals surface area contributed by atoms with Crippen LogP contribution in [-0.4, -0.2) is 61.0 Å². The Morgan fingerprint density at radius 1 is 1.11 bits per heavy atom. The van der Waals surface area contributed by atoms with Crippen molar-refractivity contribution in [1.29, 1.82) is 0 Å². The molecule has 1 aliphatic rings. The van der Waals surface area contributed by atoms with Gasteiger partial charge in [0.25, 0.3) is 0 Å². The Kier molecular flexibility index (Phi) is 5.79. The smallest absolute Gasteiger partial charge is 0.307 e. The summed E-state index contributed by atoms with van der Waals surface area (Å²) in [6.07, 6.45) is 0.432. The van der Waals surface area contributed by atoms with E-state index in [1.54, 1.807) is 0 Å². The van der Waals surface area contributed by atoms with Gasteiger partial charge in [-0.25, -0.2) is 0 Å². The summed E-state index contributed by atoms with van der Waals surface area (Å²) in [4.78, 5) is 27.5. The molecule has 1 amide bonds. The van der Waals surface area contributed by atoms with Gasteiger partial charge in [0.2, 0.25) is 5.91 Å². The van der Waals surface area contributed by atoms with Crippen molar-refractivity contribution in [2.75, 3.05) is 39.3 Å². The monoisotopic (exact) mass is 270 g/mol. The Hall–Kier alpha value is -1.10. The Labute approximate surface area is 115 Å². The lowest BCUT2D eigenvalue weighted by Crippen LogP contribution is -2.51. The second-order valence-electron chi connectivity index (χ2n) is 5.94. The second-order valence-corrected chi connectivity index (χ2v) is 5.94. The molecule has 5 heteroatoms. The van der Waals surface area contributed by atoms with Gasteiger partial charge >= 0.3 is 5.97 Å². The summed E-state index contributed by atoms with van der Waals surface area (Å²) in [6.45, 7) is 12.0. The fraction of sp³-hybridized carbons (Fsp3) is 0.857. The summed E-state index contributed by atoms with van der Waals surface area (Å²) in [5.74, 6) is 0.0632. The quantitative estimate of drug-likeness (QED) is 0.719. The first-order chi connectivity index (χ1) is 8.84. The van der Waals surface area contributed by atoms with Gasteiger partial charge < -0.3 is 9.64 Å². The van der Waals surface area contributed by atoms with Crippen LogP contribution in [0.15, 0.2) is 0 Å². The van der Waals surface area contributed by atoms with Crippen molar-refractivity contribution in [3.05, 3.63) is 0 Å². The van der Waals surface area contributed by atoms with Crippen molar-refractivity contribution in [1.82, 2.24) is 9.80 Å². The zero-order valence-electron chi connectivity index (χ0n) is 12.6. The van der Waals surface area contributed by atoms with Crippen LogP contribution in [0.3, 0.4) is 0 Å². The summed E-state index contributed by atoms with van der Waals surface area (Å²) < 4.78 is 4.91. The summed E-state index contributed by atoms with van der Waals surface area (Å²) in [7, 11) is 0. The molecule has 1 rings (SSSR count). The van der Waals surface area contributed by atoms with Gasteiger partial charge in [0, 0.05) is 38.1 Å². The van der Waals surface area contributed by atoms with Crippen LogP contribution < -0.4 is 0 Å². The molecule has 0 spiro atoms. The third-order valence-corrected chi connectivity index (χ3v) is 3.24. The summed E-state index contributed by atoms with van der Waals surface area (Å²) in [6, 6.07) is 0. The normalized spacial score (nSPS) is 17.4. The largest absolute Gasteiger partial charge is 0.466 e. The number of carbonyl (C=O) groups is 2. The van der Waals surface area contributed by atoms with E-state index in [9.17, 15) is 9.59 Å². The van der Waals surface area contributed by atoms with Crippen molar-refractivity contribution < 1.29 is 14.3 Å². The zero-order chi connectivity index (χ0) is 14.5. The molecule has 1 heterocycles. The predicted molar refractivity (Wildman–Crippen MR) is 73.7 cm³/mol. The first-order valence-corrected chi connectivity index (χ1v) is 7.02. The first-order valence-electron chi connectivity index (χ1n) is 7.02. The lowest BCUT2D eigenvalue weighted by Gasteiger charge is -2.37. The molecular formula is C14H26N2O3. The van der Waals surface area contributed by atoms with E-state index in [0.29, 0.717) is 13.0 Å². The number of amides is 1. The number of piperazine rings is 1. The fourth-order valence-electron chi connectivity index (χ4n) is 2.13. The molecule has 0 bridgehead atoms. The van der Waals surface area contributed by atoms with Gasteiger partial charge in [0.05, 0.1) is 13.0 Å². The molecule has 0 unspecified atom stereocenters. The highest BCUT2D eigenvalue weighted by Gasteiger charge is 2.29. The van der Waals surface area contributed by atoms with Crippen LogP contribution in [-0.2, 0) is 14.3 Å².